The van der Waals surface area contributed by atoms with E-state index < -0.39 is 0 Å². The molecule has 0 bridgehead atoms. The zero-order chi connectivity index (χ0) is 12.3. The normalized spacial score (nSPS) is 14.3. The Kier molecular flexibility index (Phi) is 3.60. The SMILES string of the molecule is Cc1ccc(C(c2ccccc2)C(C)N)cc1. The lowest BCUT2D eigenvalue weighted by Gasteiger charge is -2.22. The number of hydrogen-bond donors (Lipinski definition) is 1. The van der Waals surface area contributed by atoms with Crippen LogP contribution in [0.5, 0.6) is 0 Å². The maximum Gasteiger partial charge on any atom is 0.0238 e. The Morgan fingerprint density at radius 1 is 0.824 bits per heavy atom. The van der Waals surface area contributed by atoms with Gasteiger partial charge in [-0.3, -0.25) is 0 Å². The third kappa shape index (κ3) is 2.75. The van der Waals surface area contributed by atoms with Gasteiger partial charge in [-0.05, 0) is 25.0 Å². The van der Waals surface area contributed by atoms with Crippen molar-refractivity contribution in [3.05, 3.63) is 71.3 Å². The van der Waals surface area contributed by atoms with Crippen molar-refractivity contribution >= 4 is 0 Å². The minimum atomic E-state index is 0.111. The molecule has 2 aromatic rings. The summed E-state index contributed by atoms with van der Waals surface area (Å²) in [4.78, 5) is 0. The van der Waals surface area contributed by atoms with Gasteiger partial charge >= 0.3 is 0 Å². The highest BCUT2D eigenvalue weighted by Crippen LogP contribution is 2.27. The summed E-state index contributed by atoms with van der Waals surface area (Å²) in [5.74, 6) is 0.275. The van der Waals surface area contributed by atoms with E-state index in [4.69, 9.17) is 5.73 Å². The van der Waals surface area contributed by atoms with Gasteiger partial charge in [-0.2, -0.15) is 0 Å². The molecule has 0 saturated heterocycles. The first-order chi connectivity index (χ1) is 8.18. The fourth-order valence-electron chi connectivity index (χ4n) is 2.23. The van der Waals surface area contributed by atoms with Crippen LogP contribution in [0.1, 0.15) is 29.5 Å². The second-order valence-electron chi connectivity index (χ2n) is 4.66. The van der Waals surface area contributed by atoms with Crippen LogP contribution in [0.15, 0.2) is 54.6 Å². The molecule has 0 aliphatic heterocycles. The molecule has 2 N–H and O–H groups in total. The minimum Gasteiger partial charge on any atom is -0.327 e. The molecule has 1 heteroatoms. The van der Waals surface area contributed by atoms with Crippen molar-refractivity contribution in [3.8, 4) is 0 Å². The molecule has 0 fully saturated rings. The third-order valence-electron chi connectivity index (χ3n) is 3.12. The predicted molar refractivity (Wildman–Crippen MR) is 73.1 cm³/mol. The van der Waals surface area contributed by atoms with Crippen molar-refractivity contribution in [2.24, 2.45) is 5.73 Å². The average Bonchev–Trinajstić information content (AvgIpc) is 2.33. The molecule has 88 valence electrons. The van der Waals surface area contributed by atoms with Crippen LogP contribution in [0.4, 0.5) is 0 Å². The second kappa shape index (κ2) is 5.15. The molecule has 0 heterocycles. The van der Waals surface area contributed by atoms with E-state index >= 15 is 0 Å². The molecular formula is C16H19N. The lowest BCUT2D eigenvalue weighted by Crippen LogP contribution is -2.25. The Labute approximate surface area is 103 Å². The van der Waals surface area contributed by atoms with Crippen molar-refractivity contribution in [1.82, 2.24) is 0 Å². The van der Waals surface area contributed by atoms with Crippen LogP contribution in [0, 0.1) is 6.92 Å². The van der Waals surface area contributed by atoms with E-state index in [-0.39, 0.29) is 12.0 Å². The van der Waals surface area contributed by atoms with Gasteiger partial charge in [-0.15, -0.1) is 0 Å². The molecule has 17 heavy (non-hydrogen) atoms. The van der Waals surface area contributed by atoms with Gasteiger partial charge in [0.1, 0.15) is 0 Å². The van der Waals surface area contributed by atoms with Crippen LogP contribution in [-0.2, 0) is 0 Å². The summed E-state index contributed by atoms with van der Waals surface area (Å²) in [6.07, 6.45) is 0. The lowest BCUT2D eigenvalue weighted by molar-refractivity contribution is 0.645. The maximum absolute atomic E-state index is 6.14. The lowest BCUT2D eigenvalue weighted by atomic mass is 9.86. The van der Waals surface area contributed by atoms with Crippen molar-refractivity contribution in [2.45, 2.75) is 25.8 Å². The highest BCUT2D eigenvalue weighted by atomic mass is 14.6. The molecule has 0 amide bonds. The molecule has 1 nitrogen and oxygen atoms in total. The van der Waals surface area contributed by atoms with Crippen LogP contribution in [-0.4, -0.2) is 6.04 Å². The van der Waals surface area contributed by atoms with Crippen molar-refractivity contribution in [3.63, 3.8) is 0 Å². The van der Waals surface area contributed by atoms with Crippen LogP contribution >= 0.6 is 0 Å². The second-order valence-corrected chi connectivity index (χ2v) is 4.66. The number of hydrogen-bond acceptors (Lipinski definition) is 1. The van der Waals surface area contributed by atoms with Crippen LogP contribution < -0.4 is 5.73 Å². The number of aryl methyl sites for hydroxylation is 1. The molecule has 0 saturated carbocycles. The zero-order valence-corrected chi connectivity index (χ0v) is 10.4. The van der Waals surface area contributed by atoms with E-state index in [1.807, 2.05) is 6.07 Å². The standard InChI is InChI=1S/C16H19N/c1-12-8-10-15(11-9-12)16(13(2)17)14-6-4-3-5-7-14/h3-11,13,16H,17H2,1-2H3. The molecule has 2 unspecified atom stereocenters. The fourth-order valence-corrected chi connectivity index (χ4v) is 2.23. The van der Waals surface area contributed by atoms with Gasteiger partial charge in [-0.25, -0.2) is 0 Å². The summed E-state index contributed by atoms with van der Waals surface area (Å²) >= 11 is 0. The van der Waals surface area contributed by atoms with Gasteiger partial charge in [0, 0.05) is 12.0 Å². The molecule has 0 aromatic heterocycles. The smallest absolute Gasteiger partial charge is 0.0238 e. The van der Waals surface area contributed by atoms with E-state index in [9.17, 15) is 0 Å². The molecular weight excluding hydrogens is 206 g/mol. The van der Waals surface area contributed by atoms with E-state index in [1.54, 1.807) is 0 Å². The summed E-state index contributed by atoms with van der Waals surface area (Å²) in [5.41, 5.74) is 9.99. The summed E-state index contributed by atoms with van der Waals surface area (Å²) in [5, 5.41) is 0. The van der Waals surface area contributed by atoms with Gasteiger partial charge < -0.3 is 5.73 Å². The largest absolute Gasteiger partial charge is 0.327 e. The Balaban J connectivity index is 2.39. The molecule has 2 aromatic carbocycles. The topological polar surface area (TPSA) is 26.0 Å². The number of nitrogens with two attached hydrogens (primary N) is 1. The molecule has 0 aliphatic rings. The van der Waals surface area contributed by atoms with Crippen molar-refractivity contribution < 1.29 is 0 Å². The molecule has 0 spiro atoms. The summed E-state index contributed by atoms with van der Waals surface area (Å²) in [6.45, 7) is 4.17. The molecule has 2 rings (SSSR count). The van der Waals surface area contributed by atoms with Crippen molar-refractivity contribution in [2.75, 3.05) is 0 Å². The minimum absolute atomic E-state index is 0.111. The van der Waals surface area contributed by atoms with Crippen LogP contribution in [0.2, 0.25) is 0 Å². The average molecular weight is 225 g/mol. The van der Waals surface area contributed by atoms with Gasteiger partial charge in [0.2, 0.25) is 0 Å². The van der Waals surface area contributed by atoms with Gasteiger partial charge in [0.25, 0.3) is 0 Å². The zero-order valence-electron chi connectivity index (χ0n) is 10.4. The van der Waals surface area contributed by atoms with E-state index in [0.29, 0.717) is 0 Å². The van der Waals surface area contributed by atoms with E-state index in [1.165, 1.54) is 16.7 Å². The predicted octanol–water partition coefficient (Wildman–Crippen LogP) is 3.47. The number of rotatable bonds is 3. The van der Waals surface area contributed by atoms with E-state index in [0.717, 1.165) is 0 Å². The number of benzene rings is 2. The highest BCUT2D eigenvalue weighted by Gasteiger charge is 2.17. The third-order valence-corrected chi connectivity index (χ3v) is 3.12. The first-order valence-electron chi connectivity index (χ1n) is 6.05. The quantitative estimate of drug-likeness (QED) is 0.850. The Hall–Kier alpha value is -1.60. The van der Waals surface area contributed by atoms with Gasteiger partial charge in [0.05, 0.1) is 0 Å². The first kappa shape index (κ1) is 11.9. The maximum atomic E-state index is 6.14. The fraction of sp³-hybridized carbons (Fsp3) is 0.250. The van der Waals surface area contributed by atoms with Crippen LogP contribution in [0.3, 0.4) is 0 Å². The molecule has 0 aliphatic carbocycles. The first-order valence-corrected chi connectivity index (χ1v) is 6.05. The van der Waals surface area contributed by atoms with Crippen LogP contribution in [0.25, 0.3) is 0 Å². The Bertz CT molecular complexity index is 457. The monoisotopic (exact) mass is 225 g/mol. The Morgan fingerprint density at radius 2 is 1.35 bits per heavy atom. The highest BCUT2D eigenvalue weighted by molar-refractivity contribution is 5.35. The van der Waals surface area contributed by atoms with E-state index in [2.05, 4.69) is 62.4 Å². The molecule has 0 radical (unpaired) electrons. The van der Waals surface area contributed by atoms with Crippen molar-refractivity contribution in [1.29, 1.82) is 0 Å². The van der Waals surface area contributed by atoms with Gasteiger partial charge in [0.15, 0.2) is 0 Å². The summed E-state index contributed by atoms with van der Waals surface area (Å²) in [7, 11) is 0. The Morgan fingerprint density at radius 3 is 1.88 bits per heavy atom. The summed E-state index contributed by atoms with van der Waals surface area (Å²) in [6, 6.07) is 19.2. The van der Waals surface area contributed by atoms with Gasteiger partial charge in [-0.1, -0.05) is 60.2 Å². The molecule has 2 atom stereocenters. The summed E-state index contributed by atoms with van der Waals surface area (Å²) < 4.78 is 0.